The van der Waals surface area contributed by atoms with Gasteiger partial charge in [-0.15, -0.1) is 0 Å². The van der Waals surface area contributed by atoms with Crippen LogP contribution < -0.4 is 15.4 Å². The van der Waals surface area contributed by atoms with Crippen LogP contribution in [0, 0.1) is 20.8 Å². The second-order valence-electron chi connectivity index (χ2n) is 5.19. The van der Waals surface area contributed by atoms with Gasteiger partial charge >= 0.3 is 0 Å². The van der Waals surface area contributed by atoms with Gasteiger partial charge in [-0.25, -0.2) is 23.1 Å². The van der Waals surface area contributed by atoms with E-state index in [1.807, 2.05) is 6.92 Å². The van der Waals surface area contributed by atoms with Crippen LogP contribution in [-0.2, 0) is 10.0 Å². The minimum absolute atomic E-state index is 0.0924. The molecule has 3 N–H and O–H groups in total. The summed E-state index contributed by atoms with van der Waals surface area (Å²) in [7, 11) is -3.65. The standard InChI is InChI=1S/C14H22N6O3S/c1-5-15-12-8-13(19-11(4)18-12)16-6-7-17-24(21,22)14-9(2)20-23-10(14)3/h8,17H,5-7H2,1-4H3,(H2,15,16,18,19). The SMILES string of the molecule is CCNc1cc(NCCNS(=O)(=O)c2c(C)noc2C)nc(C)n1. The van der Waals surface area contributed by atoms with Crippen LogP contribution in [0.15, 0.2) is 15.5 Å². The van der Waals surface area contributed by atoms with Crippen LogP contribution in [0.5, 0.6) is 0 Å². The van der Waals surface area contributed by atoms with Crippen LogP contribution >= 0.6 is 0 Å². The Hall–Kier alpha value is -2.20. The average molecular weight is 354 g/mol. The third-order valence-corrected chi connectivity index (χ3v) is 4.86. The Bertz CT molecular complexity index is 783. The zero-order valence-electron chi connectivity index (χ0n) is 14.2. The van der Waals surface area contributed by atoms with Gasteiger partial charge in [-0.1, -0.05) is 5.16 Å². The molecule has 2 heterocycles. The molecule has 10 heteroatoms. The lowest BCUT2D eigenvalue weighted by Gasteiger charge is -2.10. The first kappa shape index (κ1) is 18.1. The lowest BCUT2D eigenvalue weighted by Crippen LogP contribution is -2.29. The van der Waals surface area contributed by atoms with Crippen LogP contribution in [0.1, 0.15) is 24.2 Å². The first-order valence-electron chi connectivity index (χ1n) is 7.59. The molecule has 0 aliphatic rings. The summed E-state index contributed by atoms with van der Waals surface area (Å²) in [6.45, 7) is 8.28. The number of hydrogen-bond acceptors (Lipinski definition) is 8. The van der Waals surface area contributed by atoms with Crippen molar-refractivity contribution < 1.29 is 12.9 Å². The fraction of sp³-hybridized carbons (Fsp3) is 0.500. The highest BCUT2D eigenvalue weighted by molar-refractivity contribution is 7.89. The molecule has 0 bridgehead atoms. The summed E-state index contributed by atoms with van der Waals surface area (Å²) in [4.78, 5) is 8.61. The normalized spacial score (nSPS) is 11.5. The molecule has 0 spiro atoms. The summed E-state index contributed by atoms with van der Waals surface area (Å²) < 4.78 is 31.9. The van der Waals surface area contributed by atoms with Crippen molar-refractivity contribution >= 4 is 21.7 Å². The van der Waals surface area contributed by atoms with Crippen molar-refractivity contribution in [3.8, 4) is 0 Å². The van der Waals surface area contributed by atoms with Gasteiger partial charge < -0.3 is 15.2 Å². The van der Waals surface area contributed by atoms with Crippen LogP contribution in [0.3, 0.4) is 0 Å². The maximum absolute atomic E-state index is 12.3. The van der Waals surface area contributed by atoms with Crippen molar-refractivity contribution in [1.82, 2.24) is 19.8 Å². The van der Waals surface area contributed by atoms with Gasteiger partial charge in [0.15, 0.2) is 5.76 Å². The lowest BCUT2D eigenvalue weighted by atomic mass is 10.4. The van der Waals surface area contributed by atoms with E-state index in [2.05, 4.69) is 30.5 Å². The van der Waals surface area contributed by atoms with Crippen LogP contribution in [0.2, 0.25) is 0 Å². The first-order valence-corrected chi connectivity index (χ1v) is 9.07. The van der Waals surface area contributed by atoms with E-state index in [1.54, 1.807) is 26.8 Å². The van der Waals surface area contributed by atoms with Gasteiger partial charge in [0.25, 0.3) is 0 Å². The molecule has 0 unspecified atom stereocenters. The molecule has 2 rings (SSSR count). The molecular weight excluding hydrogens is 332 g/mol. The molecule has 0 aromatic carbocycles. The molecular formula is C14H22N6O3S. The largest absolute Gasteiger partial charge is 0.370 e. The fourth-order valence-electron chi connectivity index (χ4n) is 2.24. The Labute approximate surface area is 141 Å². The summed E-state index contributed by atoms with van der Waals surface area (Å²) in [5.74, 6) is 2.26. The zero-order valence-corrected chi connectivity index (χ0v) is 15.0. The second-order valence-corrected chi connectivity index (χ2v) is 6.90. The van der Waals surface area contributed by atoms with E-state index in [4.69, 9.17) is 4.52 Å². The molecule has 2 aromatic rings. The molecule has 0 radical (unpaired) electrons. The van der Waals surface area contributed by atoms with Gasteiger partial charge in [0.2, 0.25) is 10.0 Å². The molecule has 2 aromatic heterocycles. The molecule has 0 atom stereocenters. The maximum atomic E-state index is 12.3. The van der Waals surface area contributed by atoms with Crippen molar-refractivity contribution in [3.05, 3.63) is 23.3 Å². The number of hydrogen-bond donors (Lipinski definition) is 3. The van der Waals surface area contributed by atoms with Crippen molar-refractivity contribution in [2.45, 2.75) is 32.6 Å². The van der Waals surface area contributed by atoms with E-state index in [-0.39, 0.29) is 17.2 Å². The number of aryl methyl sites for hydroxylation is 3. The van der Waals surface area contributed by atoms with E-state index in [9.17, 15) is 8.42 Å². The van der Waals surface area contributed by atoms with Crippen molar-refractivity contribution in [2.24, 2.45) is 0 Å². The van der Waals surface area contributed by atoms with Gasteiger partial charge in [-0.2, -0.15) is 0 Å². The van der Waals surface area contributed by atoms with Gasteiger partial charge in [-0.3, -0.25) is 0 Å². The highest BCUT2D eigenvalue weighted by Gasteiger charge is 2.23. The van der Waals surface area contributed by atoms with Gasteiger partial charge in [0.05, 0.1) is 0 Å². The minimum Gasteiger partial charge on any atom is -0.370 e. The summed E-state index contributed by atoms with van der Waals surface area (Å²) in [6.07, 6.45) is 0. The number of nitrogens with zero attached hydrogens (tertiary/aromatic N) is 3. The van der Waals surface area contributed by atoms with Crippen molar-refractivity contribution in [3.63, 3.8) is 0 Å². The van der Waals surface area contributed by atoms with E-state index < -0.39 is 10.0 Å². The van der Waals surface area contributed by atoms with Crippen LogP contribution in [-0.4, -0.2) is 43.2 Å². The summed E-state index contributed by atoms with van der Waals surface area (Å²) in [6, 6.07) is 1.78. The Morgan fingerprint density at radius 3 is 2.33 bits per heavy atom. The molecule has 0 aliphatic heterocycles. The fourth-order valence-corrected chi connectivity index (χ4v) is 3.59. The minimum atomic E-state index is -3.65. The van der Waals surface area contributed by atoms with E-state index in [0.717, 1.165) is 12.4 Å². The van der Waals surface area contributed by atoms with Crippen LogP contribution in [0.4, 0.5) is 11.6 Å². The second kappa shape index (κ2) is 7.58. The van der Waals surface area contributed by atoms with Crippen molar-refractivity contribution in [1.29, 1.82) is 0 Å². The predicted octanol–water partition coefficient (Wildman–Crippen LogP) is 1.21. The average Bonchev–Trinajstić information content (AvgIpc) is 2.83. The van der Waals surface area contributed by atoms with Crippen molar-refractivity contribution in [2.75, 3.05) is 30.3 Å². The van der Waals surface area contributed by atoms with Gasteiger partial charge in [0, 0.05) is 25.7 Å². The quantitative estimate of drug-likeness (QED) is 0.605. The Morgan fingerprint density at radius 2 is 1.75 bits per heavy atom. The maximum Gasteiger partial charge on any atom is 0.246 e. The van der Waals surface area contributed by atoms with Gasteiger partial charge in [0.1, 0.15) is 28.0 Å². The monoisotopic (exact) mass is 354 g/mol. The Kier molecular flexibility index (Phi) is 5.73. The van der Waals surface area contributed by atoms with E-state index in [1.165, 1.54) is 0 Å². The predicted molar refractivity (Wildman–Crippen MR) is 90.6 cm³/mol. The smallest absolute Gasteiger partial charge is 0.246 e. The summed E-state index contributed by atoms with van der Waals surface area (Å²) in [5, 5.41) is 9.85. The molecule has 9 nitrogen and oxygen atoms in total. The highest BCUT2D eigenvalue weighted by atomic mass is 32.2. The molecule has 0 amide bonds. The van der Waals surface area contributed by atoms with Gasteiger partial charge in [-0.05, 0) is 27.7 Å². The third kappa shape index (κ3) is 4.42. The molecule has 0 saturated carbocycles. The number of anilines is 2. The number of nitrogens with one attached hydrogen (secondary N) is 3. The van der Waals surface area contributed by atoms with E-state index in [0.29, 0.717) is 23.9 Å². The Balaban J connectivity index is 1.93. The topological polar surface area (TPSA) is 122 Å². The molecule has 0 aliphatic carbocycles. The molecule has 132 valence electrons. The highest BCUT2D eigenvalue weighted by Crippen LogP contribution is 2.18. The summed E-state index contributed by atoms with van der Waals surface area (Å²) in [5.41, 5.74) is 0.342. The zero-order chi connectivity index (χ0) is 17.7. The number of rotatable bonds is 8. The molecule has 24 heavy (non-hydrogen) atoms. The summed E-state index contributed by atoms with van der Waals surface area (Å²) >= 11 is 0. The van der Waals surface area contributed by atoms with Crippen LogP contribution in [0.25, 0.3) is 0 Å². The molecule has 0 saturated heterocycles. The Morgan fingerprint density at radius 1 is 1.08 bits per heavy atom. The number of aromatic nitrogens is 3. The van der Waals surface area contributed by atoms with E-state index >= 15 is 0 Å². The first-order chi connectivity index (χ1) is 11.3. The number of sulfonamides is 1. The third-order valence-electron chi connectivity index (χ3n) is 3.16. The lowest BCUT2D eigenvalue weighted by molar-refractivity contribution is 0.390. The molecule has 0 fully saturated rings.